The molecule has 0 radical (unpaired) electrons. The van der Waals surface area contributed by atoms with E-state index in [9.17, 15) is 0 Å². The first kappa shape index (κ1) is 15.3. The van der Waals surface area contributed by atoms with Gasteiger partial charge in [0.2, 0.25) is 5.88 Å². The zero-order valence-electron chi connectivity index (χ0n) is 11.5. The van der Waals surface area contributed by atoms with Crippen LogP contribution in [0.25, 0.3) is 0 Å². The number of hydrogen-bond acceptors (Lipinski definition) is 2. The fourth-order valence-electron chi connectivity index (χ4n) is 1.83. The molecule has 0 N–H and O–H groups in total. The van der Waals surface area contributed by atoms with Gasteiger partial charge in [0.25, 0.3) is 0 Å². The van der Waals surface area contributed by atoms with E-state index in [1.54, 1.807) is 0 Å². The van der Waals surface area contributed by atoms with Gasteiger partial charge < -0.3 is 4.74 Å². The smallest absolute Gasteiger partial charge is 0.213 e. The fraction of sp³-hybridized carbons (Fsp3) is 0.667. The van der Waals surface area contributed by atoms with Crippen molar-refractivity contribution in [1.82, 2.24) is 4.98 Å². The highest BCUT2D eigenvalue weighted by Crippen LogP contribution is 2.15. The predicted octanol–water partition coefficient (Wildman–Crippen LogP) is 4.73. The molecule has 0 spiro atoms. The lowest BCUT2D eigenvalue weighted by molar-refractivity contribution is 0.292. The molecule has 1 heterocycles. The third-order valence-corrected chi connectivity index (χ3v) is 3.24. The van der Waals surface area contributed by atoms with Crippen molar-refractivity contribution in [3.05, 3.63) is 23.4 Å². The largest absolute Gasteiger partial charge is 0.478 e. The number of aryl methyl sites for hydroxylation is 1. The second kappa shape index (κ2) is 9.21. The number of ether oxygens (including phenoxy) is 1. The summed E-state index contributed by atoms with van der Waals surface area (Å²) in [5, 5.41) is 0. The summed E-state index contributed by atoms with van der Waals surface area (Å²) in [7, 11) is 0. The minimum absolute atomic E-state index is 0.516. The van der Waals surface area contributed by atoms with E-state index in [-0.39, 0.29) is 0 Å². The number of nitrogens with zero attached hydrogens (tertiary/aromatic N) is 1. The molecule has 1 aromatic rings. The Balaban J connectivity index is 2.36. The van der Waals surface area contributed by atoms with Gasteiger partial charge in [0.1, 0.15) is 0 Å². The summed E-state index contributed by atoms with van der Waals surface area (Å²) in [6.07, 6.45) is 7.16. The van der Waals surface area contributed by atoms with Crippen LogP contribution < -0.4 is 4.74 Å². The standard InChI is InChI=1S/C15H24ClNO/c1-3-5-6-7-8-9-18-15-11-13(12-16)10-14(4-2)17-15/h10-11H,3-9,12H2,1-2H3. The van der Waals surface area contributed by atoms with Crippen LogP contribution in [0, 0.1) is 0 Å². The van der Waals surface area contributed by atoms with Gasteiger partial charge in [0, 0.05) is 17.6 Å². The molecule has 102 valence electrons. The summed E-state index contributed by atoms with van der Waals surface area (Å²) in [6.45, 7) is 5.07. The summed E-state index contributed by atoms with van der Waals surface area (Å²) < 4.78 is 5.70. The van der Waals surface area contributed by atoms with Crippen molar-refractivity contribution in [1.29, 1.82) is 0 Å². The van der Waals surface area contributed by atoms with Crippen LogP contribution in [0.15, 0.2) is 12.1 Å². The van der Waals surface area contributed by atoms with Gasteiger partial charge in [-0.25, -0.2) is 4.98 Å². The maximum atomic E-state index is 5.86. The minimum atomic E-state index is 0.516. The van der Waals surface area contributed by atoms with Crippen LogP contribution in [0.5, 0.6) is 5.88 Å². The first-order chi connectivity index (χ1) is 8.80. The molecule has 0 aliphatic carbocycles. The van der Waals surface area contributed by atoms with Gasteiger partial charge in [-0.05, 0) is 24.5 Å². The van der Waals surface area contributed by atoms with Crippen LogP contribution in [0.3, 0.4) is 0 Å². The number of halogens is 1. The summed E-state index contributed by atoms with van der Waals surface area (Å²) in [4.78, 5) is 4.45. The Kier molecular flexibility index (Phi) is 7.83. The molecule has 0 atom stereocenters. The molecular weight excluding hydrogens is 246 g/mol. The number of hydrogen-bond donors (Lipinski definition) is 0. The van der Waals surface area contributed by atoms with Crippen molar-refractivity contribution in [2.24, 2.45) is 0 Å². The average molecular weight is 270 g/mol. The molecule has 0 fully saturated rings. The SMILES string of the molecule is CCCCCCCOc1cc(CCl)cc(CC)n1. The first-order valence-electron chi connectivity index (χ1n) is 6.98. The molecule has 0 unspecified atom stereocenters. The van der Waals surface area contributed by atoms with Crippen molar-refractivity contribution in [2.75, 3.05) is 6.61 Å². The second-order valence-electron chi connectivity index (χ2n) is 4.55. The molecule has 0 aromatic carbocycles. The number of pyridine rings is 1. The Bertz CT molecular complexity index is 319. The van der Waals surface area contributed by atoms with E-state index in [0.717, 1.165) is 36.6 Å². The van der Waals surface area contributed by atoms with Crippen LogP contribution in [0.1, 0.15) is 57.2 Å². The number of rotatable bonds is 9. The Morgan fingerprint density at radius 1 is 1.11 bits per heavy atom. The highest BCUT2D eigenvalue weighted by Gasteiger charge is 2.02. The van der Waals surface area contributed by atoms with Crippen molar-refractivity contribution < 1.29 is 4.74 Å². The van der Waals surface area contributed by atoms with Gasteiger partial charge in [-0.3, -0.25) is 0 Å². The third kappa shape index (κ3) is 5.72. The lowest BCUT2D eigenvalue weighted by Gasteiger charge is -2.08. The van der Waals surface area contributed by atoms with Gasteiger partial charge >= 0.3 is 0 Å². The molecule has 2 nitrogen and oxygen atoms in total. The predicted molar refractivity (Wildman–Crippen MR) is 77.4 cm³/mol. The van der Waals surface area contributed by atoms with E-state index in [1.165, 1.54) is 25.7 Å². The lowest BCUT2D eigenvalue weighted by Crippen LogP contribution is -2.01. The van der Waals surface area contributed by atoms with Gasteiger partial charge in [-0.15, -0.1) is 11.6 Å². The zero-order chi connectivity index (χ0) is 13.2. The minimum Gasteiger partial charge on any atom is -0.478 e. The lowest BCUT2D eigenvalue weighted by atomic mass is 10.2. The highest BCUT2D eigenvalue weighted by atomic mass is 35.5. The summed E-state index contributed by atoms with van der Waals surface area (Å²) in [5.41, 5.74) is 2.14. The van der Waals surface area contributed by atoms with Crippen LogP contribution in [-0.2, 0) is 12.3 Å². The molecule has 1 rings (SSSR count). The van der Waals surface area contributed by atoms with Crippen LogP contribution in [-0.4, -0.2) is 11.6 Å². The van der Waals surface area contributed by atoms with E-state index < -0.39 is 0 Å². The molecule has 0 saturated carbocycles. The molecule has 0 amide bonds. The van der Waals surface area contributed by atoms with Gasteiger partial charge in [-0.1, -0.05) is 39.5 Å². The van der Waals surface area contributed by atoms with Gasteiger partial charge in [0.05, 0.1) is 6.61 Å². The van der Waals surface area contributed by atoms with Crippen molar-refractivity contribution in [3.63, 3.8) is 0 Å². The maximum Gasteiger partial charge on any atom is 0.213 e. The fourth-order valence-corrected chi connectivity index (χ4v) is 1.99. The van der Waals surface area contributed by atoms with Crippen LogP contribution in [0.2, 0.25) is 0 Å². The molecule has 18 heavy (non-hydrogen) atoms. The number of aromatic nitrogens is 1. The third-order valence-electron chi connectivity index (χ3n) is 2.93. The molecule has 1 aromatic heterocycles. The summed E-state index contributed by atoms with van der Waals surface area (Å²) in [5.74, 6) is 1.24. The monoisotopic (exact) mass is 269 g/mol. The first-order valence-corrected chi connectivity index (χ1v) is 7.52. The van der Waals surface area contributed by atoms with Gasteiger partial charge in [0.15, 0.2) is 0 Å². The van der Waals surface area contributed by atoms with E-state index in [4.69, 9.17) is 16.3 Å². The summed E-state index contributed by atoms with van der Waals surface area (Å²) >= 11 is 5.86. The Labute approximate surface area is 116 Å². The molecule has 0 aliphatic rings. The molecule has 0 bridgehead atoms. The van der Waals surface area contributed by atoms with E-state index in [2.05, 4.69) is 18.8 Å². The van der Waals surface area contributed by atoms with E-state index in [1.807, 2.05) is 12.1 Å². The second-order valence-corrected chi connectivity index (χ2v) is 4.82. The topological polar surface area (TPSA) is 22.1 Å². The van der Waals surface area contributed by atoms with Crippen molar-refractivity contribution in [3.8, 4) is 5.88 Å². The van der Waals surface area contributed by atoms with Crippen molar-refractivity contribution >= 4 is 11.6 Å². The Morgan fingerprint density at radius 2 is 1.89 bits per heavy atom. The van der Waals surface area contributed by atoms with Crippen LogP contribution >= 0.6 is 11.6 Å². The molecular formula is C15H24ClNO. The Hall–Kier alpha value is -0.760. The highest BCUT2D eigenvalue weighted by molar-refractivity contribution is 6.17. The number of alkyl halides is 1. The molecule has 0 saturated heterocycles. The van der Waals surface area contributed by atoms with Crippen LogP contribution in [0.4, 0.5) is 0 Å². The Morgan fingerprint density at radius 3 is 2.56 bits per heavy atom. The number of unbranched alkanes of at least 4 members (excludes halogenated alkanes) is 4. The van der Waals surface area contributed by atoms with E-state index in [0.29, 0.717) is 5.88 Å². The van der Waals surface area contributed by atoms with E-state index >= 15 is 0 Å². The maximum absolute atomic E-state index is 5.86. The average Bonchev–Trinajstić information content (AvgIpc) is 2.42. The zero-order valence-corrected chi connectivity index (χ0v) is 12.3. The van der Waals surface area contributed by atoms with Crippen molar-refractivity contribution in [2.45, 2.75) is 58.3 Å². The normalized spacial score (nSPS) is 10.6. The summed E-state index contributed by atoms with van der Waals surface area (Å²) in [6, 6.07) is 3.99. The quantitative estimate of drug-likeness (QED) is 0.477. The van der Waals surface area contributed by atoms with Gasteiger partial charge in [-0.2, -0.15) is 0 Å². The molecule has 3 heteroatoms. The molecule has 0 aliphatic heterocycles.